The van der Waals surface area contributed by atoms with Crippen LogP contribution in [-0.2, 0) is 10.0 Å². The van der Waals surface area contributed by atoms with Crippen LogP contribution in [0, 0.1) is 6.92 Å². The molecule has 1 N–H and O–H groups in total. The van der Waals surface area contributed by atoms with Crippen LogP contribution in [0.2, 0.25) is 0 Å². The van der Waals surface area contributed by atoms with E-state index in [0.29, 0.717) is 48.3 Å². The van der Waals surface area contributed by atoms with E-state index in [1.165, 1.54) is 21.7 Å². The third-order valence-electron chi connectivity index (χ3n) is 5.25. The molecule has 1 fully saturated rings. The van der Waals surface area contributed by atoms with Gasteiger partial charge in [0.15, 0.2) is 10.8 Å². The Kier molecular flexibility index (Phi) is 6.24. The topological polar surface area (TPSA) is 95.8 Å². The fraction of sp³-hybridized carbons (Fsp3) is 0.333. The van der Waals surface area contributed by atoms with Crippen molar-refractivity contribution < 1.29 is 17.6 Å². The van der Waals surface area contributed by atoms with Gasteiger partial charge in [-0.3, -0.25) is 4.79 Å². The van der Waals surface area contributed by atoms with E-state index in [1.807, 2.05) is 6.92 Å². The molecular formula is C21H24N4O4S2. The quantitative estimate of drug-likeness (QED) is 0.606. The Balaban J connectivity index is 1.51. The van der Waals surface area contributed by atoms with Crippen LogP contribution in [0.4, 0.5) is 5.69 Å². The van der Waals surface area contributed by atoms with E-state index in [-0.39, 0.29) is 4.90 Å². The number of amides is 1. The van der Waals surface area contributed by atoms with Crippen molar-refractivity contribution in [1.29, 1.82) is 0 Å². The lowest BCUT2D eigenvalue weighted by atomic mass is 10.3. The highest BCUT2D eigenvalue weighted by molar-refractivity contribution is 7.89. The summed E-state index contributed by atoms with van der Waals surface area (Å²) in [6.07, 6.45) is 1.56. The molecule has 0 unspecified atom stereocenters. The number of benzene rings is 1. The smallest absolute Gasteiger partial charge is 0.275 e. The van der Waals surface area contributed by atoms with Crippen molar-refractivity contribution in [2.24, 2.45) is 0 Å². The third kappa shape index (κ3) is 4.57. The Bertz CT molecular complexity index is 1160. The Morgan fingerprint density at radius 3 is 2.65 bits per heavy atom. The number of nitrogens with zero attached hydrogens (tertiary/aromatic N) is 3. The van der Waals surface area contributed by atoms with Crippen molar-refractivity contribution in [3.05, 3.63) is 53.2 Å². The van der Waals surface area contributed by atoms with Crippen LogP contribution in [-0.4, -0.2) is 61.2 Å². The molecule has 2 aromatic heterocycles. The SMILES string of the molecule is CCN1CCN(S(=O)(=O)c2cccc(NC(=O)c3nc(-c4ccco4)sc3C)c2)CC1. The van der Waals surface area contributed by atoms with Crippen molar-refractivity contribution in [1.82, 2.24) is 14.2 Å². The van der Waals surface area contributed by atoms with Crippen LogP contribution >= 0.6 is 11.3 Å². The molecule has 1 amide bonds. The van der Waals surface area contributed by atoms with E-state index >= 15 is 0 Å². The van der Waals surface area contributed by atoms with E-state index < -0.39 is 15.9 Å². The molecule has 0 radical (unpaired) electrons. The maximum Gasteiger partial charge on any atom is 0.275 e. The zero-order valence-electron chi connectivity index (χ0n) is 17.4. The van der Waals surface area contributed by atoms with Gasteiger partial charge in [-0.25, -0.2) is 13.4 Å². The second-order valence-electron chi connectivity index (χ2n) is 7.22. The molecule has 1 aliphatic heterocycles. The molecule has 0 spiro atoms. The van der Waals surface area contributed by atoms with Gasteiger partial charge in [0.25, 0.3) is 5.91 Å². The predicted molar refractivity (Wildman–Crippen MR) is 120 cm³/mol. The molecule has 8 nitrogen and oxygen atoms in total. The second kappa shape index (κ2) is 8.91. The summed E-state index contributed by atoms with van der Waals surface area (Å²) in [4.78, 5) is 20.3. The maximum atomic E-state index is 13.1. The number of thiazole rings is 1. The number of piperazine rings is 1. The van der Waals surface area contributed by atoms with Gasteiger partial charge in [-0.1, -0.05) is 13.0 Å². The van der Waals surface area contributed by atoms with Gasteiger partial charge in [0, 0.05) is 36.7 Å². The number of aromatic nitrogens is 1. The van der Waals surface area contributed by atoms with Crippen LogP contribution in [0.15, 0.2) is 52.0 Å². The van der Waals surface area contributed by atoms with Gasteiger partial charge < -0.3 is 14.6 Å². The normalized spacial score (nSPS) is 15.8. The molecule has 1 aromatic carbocycles. The number of nitrogens with one attached hydrogen (secondary N) is 1. The lowest BCUT2D eigenvalue weighted by Gasteiger charge is -2.33. The molecule has 4 rings (SSSR count). The van der Waals surface area contributed by atoms with Gasteiger partial charge in [-0.05, 0) is 43.8 Å². The molecular weight excluding hydrogens is 436 g/mol. The van der Waals surface area contributed by atoms with E-state index in [4.69, 9.17) is 4.42 Å². The third-order valence-corrected chi connectivity index (χ3v) is 8.13. The maximum absolute atomic E-state index is 13.1. The molecule has 1 aliphatic rings. The number of hydrogen-bond donors (Lipinski definition) is 1. The summed E-state index contributed by atoms with van der Waals surface area (Å²) < 4.78 is 33.0. The summed E-state index contributed by atoms with van der Waals surface area (Å²) >= 11 is 1.37. The van der Waals surface area contributed by atoms with E-state index in [0.717, 1.165) is 11.4 Å². The summed E-state index contributed by atoms with van der Waals surface area (Å²) in [7, 11) is -3.62. The summed E-state index contributed by atoms with van der Waals surface area (Å²) in [5, 5.41) is 3.39. The highest BCUT2D eigenvalue weighted by atomic mass is 32.2. The number of aryl methyl sites for hydroxylation is 1. The van der Waals surface area contributed by atoms with Crippen molar-refractivity contribution in [3.63, 3.8) is 0 Å². The Morgan fingerprint density at radius 2 is 1.97 bits per heavy atom. The molecule has 3 heterocycles. The minimum absolute atomic E-state index is 0.168. The van der Waals surface area contributed by atoms with Crippen LogP contribution in [0.25, 0.3) is 10.8 Å². The lowest BCUT2D eigenvalue weighted by Crippen LogP contribution is -2.48. The van der Waals surface area contributed by atoms with Crippen LogP contribution in [0.5, 0.6) is 0 Å². The van der Waals surface area contributed by atoms with Gasteiger partial charge in [0.1, 0.15) is 5.69 Å². The second-order valence-corrected chi connectivity index (χ2v) is 10.4. The van der Waals surface area contributed by atoms with Crippen molar-refractivity contribution >= 4 is 33.0 Å². The fourth-order valence-corrected chi connectivity index (χ4v) is 5.82. The summed E-state index contributed by atoms with van der Waals surface area (Å²) in [5.41, 5.74) is 0.700. The number of carbonyl (C=O) groups is 1. The molecule has 10 heteroatoms. The fourth-order valence-electron chi connectivity index (χ4n) is 3.47. The number of rotatable bonds is 6. The number of sulfonamides is 1. The first kappa shape index (κ1) is 21.7. The largest absolute Gasteiger partial charge is 0.462 e. The highest BCUT2D eigenvalue weighted by Gasteiger charge is 2.28. The number of anilines is 1. The number of likely N-dealkylation sites (N-methyl/N-ethyl adjacent to an activating group) is 1. The van der Waals surface area contributed by atoms with Crippen LogP contribution in [0.3, 0.4) is 0 Å². The molecule has 0 saturated carbocycles. The van der Waals surface area contributed by atoms with Crippen molar-refractivity contribution in [2.45, 2.75) is 18.7 Å². The van der Waals surface area contributed by atoms with Gasteiger partial charge in [-0.2, -0.15) is 4.31 Å². The van der Waals surface area contributed by atoms with Crippen molar-refractivity contribution in [3.8, 4) is 10.8 Å². The van der Waals surface area contributed by atoms with Crippen molar-refractivity contribution in [2.75, 3.05) is 38.0 Å². The van der Waals surface area contributed by atoms with Gasteiger partial charge >= 0.3 is 0 Å². The standard InChI is InChI=1S/C21H24N4O4S2/c1-3-24-9-11-25(12-10-24)31(27,28)17-7-4-6-16(14-17)22-20(26)19-15(2)30-21(23-19)18-8-5-13-29-18/h4-8,13-14H,3,9-12H2,1-2H3,(H,22,26). The summed E-state index contributed by atoms with van der Waals surface area (Å²) in [6.45, 7) is 7.14. The Labute approximate surface area is 185 Å². The lowest BCUT2D eigenvalue weighted by molar-refractivity contribution is 0.102. The monoisotopic (exact) mass is 460 g/mol. The highest BCUT2D eigenvalue weighted by Crippen LogP contribution is 2.28. The zero-order chi connectivity index (χ0) is 22.0. The number of hydrogen-bond acceptors (Lipinski definition) is 7. The molecule has 0 bridgehead atoms. The predicted octanol–water partition coefficient (Wildman–Crippen LogP) is 3.29. The summed E-state index contributed by atoms with van der Waals surface area (Å²) in [6, 6.07) is 9.90. The van der Waals surface area contributed by atoms with Gasteiger partial charge in [0.05, 0.1) is 11.2 Å². The van der Waals surface area contributed by atoms with Gasteiger partial charge in [-0.15, -0.1) is 11.3 Å². The zero-order valence-corrected chi connectivity index (χ0v) is 19.0. The van der Waals surface area contributed by atoms with E-state index in [9.17, 15) is 13.2 Å². The molecule has 0 atom stereocenters. The Hall–Kier alpha value is -2.53. The van der Waals surface area contributed by atoms with Crippen LogP contribution in [0.1, 0.15) is 22.3 Å². The van der Waals surface area contributed by atoms with Gasteiger partial charge in [0.2, 0.25) is 10.0 Å². The number of carbonyl (C=O) groups excluding carboxylic acids is 1. The minimum atomic E-state index is -3.62. The van der Waals surface area contributed by atoms with Crippen LogP contribution < -0.4 is 5.32 Å². The average molecular weight is 461 g/mol. The van der Waals surface area contributed by atoms with E-state index in [1.54, 1.807) is 36.6 Å². The minimum Gasteiger partial charge on any atom is -0.462 e. The summed E-state index contributed by atoms with van der Waals surface area (Å²) in [5.74, 6) is 0.209. The van der Waals surface area contributed by atoms with E-state index in [2.05, 4.69) is 22.1 Å². The molecule has 31 heavy (non-hydrogen) atoms. The molecule has 164 valence electrons. The molecule has 3 aromatic rings. The number of furan rings is 1. The first-order valence-corrected chi connectivity index (χ1v) is 12.3. The Morgan fingerprint density at radius 1 is 1.19 bits per heavy atom. The molecule has 0 aliphatic carbocycles. The average Bonchev–Trinajstić information content (AvgIpc) is 3.44. The first-order chi connectivity index (χ1) is 14.9. The first-order valence-electron chi connectivity index (χ1n) is 10.0. The molecule has 1 saturated heterocycles.